The van der Waals surface area contributed by atoms with E-state index in [1.165, 1.54) is 0 Å². The van der Waals surface area contributed by atoms with E-state index >= 15 is 0 Å². The summed E-state index contributed by atoms with van der Waals surface area (Å²) in [6.45, 7) is 4.29. The monoisotopic (exact) mass is 214 g/mol. The van der Waals surface area contributed by atoms with Gasteiger partial charge in [-0.05, 0) is 22.4 Å². The molecule has 0 fully saturated rings. The second-order valence-electron chi connectivity index (χ2n) is 2.54. The van der Waals surface area contributed by atoms with E-state index in [2.05, 4.69) is 39.7 Å². The van der Waals surface area contributed by atoms with Crippen LogP contribution in [-0.2, 0) is 0 Å². The first kappa shape index (κ1) is 8.65. The van der Waals surface area contributed by atoms with Crippen molar-refractivity contribution in [2.75, 3.05) is 0 Å². The molecule has 0 saturated carbocycles. The zero-order valence-electron chi connectivity index (χ0n) is 6.71. The molecule has 1 unspecified atom stereocenters. The van der Waals surface area contributed by atoms with E-state index in [0.29, 0.717) is 5.92 Å². The normalized spacial score (nSPS) is 13.0. The van der Waals surface area contributed by atoms with Gasteiger partial charge in [0.25, 0.3) is 0 Å². The number of hydrogen-bond acceptors (Lipinski definition) is 2. The molecule has 11 heavy (non-hydrogen) atoms. The van der Waals surface area contributed by atoms with E-state index < -0.39 is 0 Å². The second kappa shape index (κ2) is 3.81. The highest BCUT2D eigenvalue weighted by molar-refractivity contribution is 9.10. The summed E-state index contributed by atoms with van der Waals surface area (Å²) < 4.78 is 0.870. The van der Waals surface area contributed by atoms with Crippen molar-refractivity contribution in [2.45, 2.75) is 26.2 Å². The predicted molar refractivity (Wildman–Crippen MR) is 48.4 cm³/mol. The molecule has 0 aliphatic rings. The van der Waals surface area contributed by atoms with Gasteiger partial charge in [0.05, 0.1) is 5.69 Å². The van der Waals surface area contributed by atoms with Crippen LogP contribution in [0.1, 0.15) is 31.9 Å². The van der Waals surface area contributed by atoms with E-state index in [1.54, 1.807) is 12.4 Å². The first-order valence-electron chi connectivity index (χ1n) is 3.72. The van der Waals surface area contributed by atoms with Gasteiger partial charge in [-0.15, -0.1) is 0 Å². The van der Waals surface area contributed by atoms with Crippen molar-refractivity contribution in [3.05, 3.63) is 22.7 Å². The molecule has 0 radical (unpaired) electrons. The molecule has 1 atom stereocenters. The maximum Gasteiger partial charge on any atom is 0.127 e. The minimum absolute atomic E-state index is 0.484. The van der Waals surface area contributed by atoms with E-state index in [1.807, 2.05) is 0 Å². The molecule has 1 rings (SSSR count). The molecule has 1 aromatic rings. The van der Waals surface area contributed by atoms with Crippen molar-refractivity contribution >= 4 is 15.9 Å². The van der Waals surface area contributed by atoms with Gasteiger partial charge in [0.15, 0.2) is 0 Å². The van der Waals surface area contributed by atoms with Gasteiger partial charge in [-0.2, -0.15) is 0 Å². The lowest BCUT2D eigenvalue weighted by Gasteiger charge is -2.07. The first-order chi connectivity index (χ1) is 5.25. The van der Waals surface area contributed by atoms with E-state index in [0.717, 1.165) is 16.7 Å². The van der Waals surface area contributed by atoms with Crippen molar-refractivity contribution in [1.29, 1.82) is 0 Å². The third-order valence-corrected chi connectivity index (χ3v) is 2.37. The van der Waals surface area contributed by atoms with E-state index in [4.69, 9.17) is 0 Å². The minimum atomic E-state index is 0.484. The lowest BCUT2D eigenvalue weighted by molar-refractivity contribution is 0.697. The molecule has 3 heteroatoms. The fourth-order valence-corrected chi connectivity index (χ4v) is 1.47. The zero-order chi connectivity index (χ0) is 8.27. The fraction of sp³-hybridized carbons (Fsp3) is 0.500. The van der Waals surface area contributed by atoms with Crippen molar-refractivity contribution in [3.63, 3.8) is 0 Å². The second-order valence-corrected chi connectivity index (χ2v) is 3.29. The molecule has 0 aliphatic carbocycles. The summed E-state index contributed by atoms with van der Waals surface area (Å²) in [6.07, 6.45) is 4.51. The Balaban J connectivity index is 2.93. The van der Waals surface area contributed by atoms with Crippen LogP contribution in [-0.4, -0.2) is 9.97 Å². The molecule has 1 heterocycles. The topological polar surface area (TPSA) is 25.8 Å². The van der Waals surface area contributed by atoms with Crippen molar-refractivity contribution in [2.24, 2.45) is 0 Å². The number of halogens is 1. The smallest absolute Gasteiger partial charge is 0.127 e. The van der Waals surface area contributed by atoms with Crippen LogP contribution >= 0.6 is 15.9 Å². The molecule has 0 bridgehead atoms. The van der Waals surface area contributed by atoms with Gasteiger partial charge in [0, 0.05) is 18.3 Å². The fourth-order valence-electron chi connectivity index (χ4n) is 0.856. The van der Waals surface area contributed by atoms with Crippen LogP contribution in [0.15, 0.2) is 17.0 Å². The Morgan fingerprint density at radius 1 is 1.45 bits per heavy atom. The summed E-state index contributed by atoms with van der Waals surface area (Å²) in [5.74, 6) is 0.484. The van der Waals surface area contributed by atoms with Crippen molar-refractivity contribution in [3.8, 4) is 0 Å². The van der Waals surface area contributed by atoms with Crippen LogP contribution in [0.4, 0.5) is 0 Å². The molecule has 0 saturated heterocycles. The van der Waals surface area contributed by atoms with Crippen LogP contribution in [0.3, 0.4) is 0 Å². The van der Waals surface area contributed by atoms with Gasteiger partial charge in [-0.25, -0.2) is 4.98 Å². The molecule has 0 spiro atoms. The summed E-state index contributed by atoms with van der Waals surface area (Å²) in [5.41, 5.74) is 1.05. The summed E-state index contributed by atoms with van der Waals surface area (Å²) in [4.78, 5) is 8.34. The van der Waals surface area contributed by atoms with Crippen LogP contribution < -0.4 is 0 Å². The lowest BCUT2D eigenvalue weighted by atomic mass is 10.1. The van der Waals surface area contributed by atoms with Gasteiger partial charge in [-0.1, -0.05) is 13.8 Å². The van der Waals surface area contributed by atoms with Crippen LogP contribution in [0.2, 0.25) is 0 Å². The summed E-state index contributed by atoms with van der Waals surface area (Å²) in [6, 6.07) is 0. The van der Waals surface area contributed by atoms with Gasteiger partial charge >= 0.3 is 0 Å². The van der Waals surface area contributed by atoms with E-state index in [-0.39, 0.29) is 0 Å². The van der Waals surface area contributed by atoms with Crippen molar-refractivity contribution in [1.82, 2.24) is 9.97 Å². The highest BCUT2D eigenvalue weighted by atomic mass is 79.9. The summed E-state index contributed by atoms with van der Waals surface area (Å²) >= 11 is 3.36. The van der Waals surface area contributed by atoms with Crippen LogP contribution in [0, 0.1) is 0 Å². The highest BCUT2D eigenvalue weighted by Crippen LogP contribution is 2.21. The Morgan fingerprint density at radius 3 is 2.64 bits per heavy atom. The third-order valence-electron chi connectivity index (χ3n) is 1.76. The maximum atomic E-state index is 4.24. The standard InChI is InChI=1S/C8H11BrN2/c1-3-6(2)7-8(9)11-5-4-10-7/h4-6H,3H2,1-2H3. The molecule has 0 N–H and O–H groups in total. The van der Waals surface area contributed by atoms with Crippen molar-refractivity contribution < 1.29 is 0 Å². The molecule has 0 aromatic carbocycles. The predicted octanol–water partition coefficient (Wildman–Crippen LogP) is 2.75. The van der Waals surface area contributed by atoms with Gasteiger partial charge < -0.3 is 0 Å². The van der Waals surface area contributed by atoms with Gasteiger partial charge in [-0.3, -0.25) is 4.98 Å². The average Bonchev–Trinajstić information content (AvgIpc) is 2.04. The number of nitrogens with zero attached hydrogens (tertiary/aromatic N) is 2. The third kappa shape index (κ3) is 1.99. The number of rotatable bonds is 2. The average molecular weight is 215 g/mol. The first-order valence-corrected chi connectivity index (χ1v) is 4.51. The molecule has 0 amide bonds. The Bertz CT molecular complexity index is 237. The Labute approximate surface area is 75.2 Å². The quantitative estimate of drug-likeness (QED) is 0.757. The Kier molecular flexibility index (Phi) is 3.00. The summed E-state index contributed by atoms with van der Waals surface area (Å²) in [7, 11) is 0. The molecule has 1 aromatic heterocycles. The largest absolute Gasteiger partial charge is 0.257 e. The summed E-state index contributed by atoms with van der Waals surface area (Å²) in [5, 5.41) is 0. The molecule has 2 nitrogen and oxygen atoms in total. The molecule has 0 aliphatic heterocycles. The van der Waals surface area contributed by atoms with E-state index in [9.17, 15) is 0 Å². The Morgan fingerprint density at radius 2 is 2.09 bits per heavy atom. The van der Waals surface area contributed by atoms with Crippen LogP contribution in [0.25, 0.3) is 0 Å². The maximum absolute atomic E-state index is 4.24. The van der Waals surface area contributed by atoms with Gasteiger partial charge in [0.1, 0.15) is 4.60 Å². The van der Waals surface area contributed by atoms with Crippen LogP contribution in [0.5, 0.6) is 0 Å². The highest BCUT2D eigenvalue weighted by Gasteiger charge is 2.08. The minimum Gasteiger partial charge on any atom is -0.257 e. The Hall–Kier alpha value is -0.440. The number of hydrogen-bond donors (Lipinski definition) is 0. The molecular weight excluding hydrogens is 204 g/mol. The SMILES string of the molecule is CCC(C)c1nccnc1Br. The zero-order valence-corrected chi connectivity index (χ0v) is 8.30. The lowest BCUT2D eigenvalue weighted by Crippen LogP contribution is -1.97. The molecular formula is C8H11BrN2. The molecule has 60 valence electrons. The van der Waals surface area contributed by atoms with Gasteiger partial charge in [0.2, 0.25) is 0 Å². The number of aromatic nitrogens is 2.